The van der Waals surface area contributed by atoms with Gasteiger partial charge in [-0.2, -0.15) is 0 Å². The summed E-state index contributed by atoms with van der Waals surface area (Å²) in [4.78, 5) is 29.1. The molecule has 1 fully saturated rings. The summed E-state index contributed by atoms with van der Waals surface area (Å²) in [5.74, 6) is -0.252. The number of carbonyl (C=O) groups excluding carboxylic acids is 2. The topological polar surface area (TPSA) is 72.8 Å². The number of nitrogens with zero attached hydrogens (tertiary/aromatic N) is 2. The van der Waals surface area contributed by atoms with Crippen LogP contribution in [0.4, 0.5) is 4.79 Å². The van der Waals surface area contributed by atoms with Crippen molar-refractivity contribution < 1.29 is 18.8 Å². The number of aryl methyl sites for hydroxylation is 1. The van der Waals surface area contributed by atoms with Crippen molar-refractivity contribution >= 4 is 64.8 Å². The average Bonchev–Trinajstić information content (AvgIpc) is 3.34. The van der Waals surface area contributed by atoms with Crippen molar-refractivity contribution in [1.82, 2.24) is 14.8 Å². The van der Waals surface area contributed by atoms with Gasteiger partial charge in [0.25, 0.3) is 14.2 Å². The van der Waals surface area contributed by atoms with Gasteiger partial charge in [0.2, 0.25) is 0 Å². The zero-order valence-corrected chi connectivity index (χ0v) is 30.1. The van der Waals surface area contributed by atoms with Gasteiger partial charge in [-0.15, -0.1) is 0 Å². The van der Waals surface area contributed by atoms with Crippen LogP contribution in [0.5, 0.6) is 0 Å². The number of likely N-dealkylation sites (tertiary alicyclic amines) is 1. The lowest BCUT2D eigenvalue weighted by molar-refractivity contribution is -0.000556. The molecule has 4 aromatic rings. The van der Waals surface area contributed by atoms with E-state index in [0.717, 1.165) is 15.9 Å². The molecule has 2 heterocycles. The highest BCUT2D eigenvalue weighted by atomic mass is 35.5. The van der Waals surface area contributed by atoms with Gasteiger partial charge in [0.15, 0.2) is 0 Å². The van der Waals surface area contributed by atoms with Gasteiger partial charge in [0, 0.05) is 24.5 Å². The first-order valence-corrected chi connectivity index (χ1v) is 18.3. The zero-order valence-electron chi connectivity index (χ0n) is 27.6. The van der Waals surface area contributed by atoms with Crippen LogP contribution < -0.4 is 15.7 Å². The Labute approximate surface area is 282 Å². The second-order valence-electron chi connectivity index (χ2n) is 14.0. The Morgan fingerprint density at radius 2 is 1.48 bits per heavy atom. The number of ether oxygens (including phenoxy) is 1. The van der Waals surface area contributed by atoms with Crippen molar-refractivity contribution in [2.45, 2.75) is 70.7 Å². The van der Waals surface area contributed by atoms with Crippen molar-refractivity contribution in [2.75, 3.05) is 13.1 Å². The molecule has 0 saturated carbocycles. The van der Waals surface area contributed by atoms with Crippen LogP contribution in [0.3, 0.4) is 0 Å². The summed E-state index contributed by atoms with van der Waals surface area (Å²) in [6.07, 6.45) is -0.428. The van der Waals surface area contributed by atoms with Crippen LogP contribution in [0.25, 0.3) is 10.9 Å². The lowest BCUT2D eigenvalue weighted by Gasteiger charge is -2.48. The maximum Gasteiger partial charge on any atom is 0.410 e. The predicted molar refractivity (Wildman–Crippen MR) is 189 cm³/mol. The van der Waals surface area contributed by atoms with Gasteiger partial charge in [-0.25, -0.2) is 4.79 Å². The number of hydrogen-bond acceptors (Lipinski definition) is 4. The first-order chi connectivity index (χ1) is 21.6. The van der Waals surface area contributed by atoms with Gasteiger partial charge in [-0.3, -0.25) is 4.79 Å². The molecule has 1 aliphatic heterocycles. The van der Waals surface area contributed by atoms with Crippen molar-refractivity contribution in [3.05, 3.63) is 94.6 Å². The standard InChI is InChI=1S/C36H43Cl2N3O4Si/c1-35(2,3)44-34(43)41-21-20-28(39-33(42)30-22-26-29(40(30)7)19-18-27(37)32(26)38)31(23-41)45-46(36(4,5)6,24-14-10-8-11-15-24)25-16-12-9-13-17-25/h8-19,22,28,31H,20-21,23H2,1-7H3,(H,39,42). The Morgan fingerprint density at radius 1 is 0.891 bits per heavy atom. The van der Waals surface area contributed by atoms with Crippen molar-refractivity contribution in [2.24, 2.45) is 7.05 Å². The maximum absolute atomic E-state index is 14.0. The molecule has 3 aromatic carbocycles. The molecule has 2 atom stereocenters. The summed E-state index contributed by atoms with van der Waals surface area (Å²) in [5.41, 5.74) is 0.618. The zero-order chi connectivity index (χ0) is 33.4. The van der Waals surface area contributed by atoms with Crippen molar-refractivity contribution in [3.63, 3.8) is 0 Å². The number of rotatable bonds is 6. The normalized spacial score (nSPS) is 17.6. The van der Waals surface area contributed by atoms with Gasteiger partial charge < -0.3 is 23.9 Å². The number of benzene rings is 3. The van der Waals surface area contributed by atoms with Crippen LogP contribution in [0.2, 0.25) is 15.1 Å². The van der Waals surface area contributed by atoms with E-state index in [4.69, 9.17) is 32.4 Å². The third kappa shape index (κ3) is 6.72. The lowest BCUT2D eigenvalue weighted by atomic mass is 10.0. The lowest BCUT2D eigenvalue weighted by Crippen LogP contribution is -2.71. The summed E-state index contributed by atoms with van der Waals surface area (Å²) >= 11 is 12.8. The molecule has 1 aromatic heterocycles. The van der Waals surface area contributed by atoms with E-state index in [1.807, 2.05) is 74.9 Å². The van der Waals surface area contributed by atoms with Crippen molar-refractivity contribution in [3.8, 4) is 0 Å². The number of halogens is 2. The van der Waals surface area contributed by atoms with Crippen LogP contribution in [0.15, 0.2) is 78.9 Å². The summed E-state index contributed by atoms with van der Waals surface area (Å²) in [6, 6.07) is 25.7. The van der Waals surface area contributed by atoms with Gasteiger partial charge in [0.05, 0.1) is 28.7 Å². The van der Waals surface area contributed by atoms with Crippen LogP contribution in [0.1, 0.15) is 58.5 Å². The first kappa shape index (κ1) is 34.0. The summed E-state index contributed by atoms with van der Waals surface area (Å²) in [7, 11) is -1.20. The molecule has 0 spiro atoms. The first-order valence-electron chi connectivity index (χ1n) is 15.6. The van der Waals surface area contributed by atoms with Gasteiger partial charge >= 0.3 is 6.09 Å². The number of hydrogen-bond donors (Lipinski definition) is 1. The Kier molecular flexibility index (Phi) is 9.67. The Balaban J connectivity index is 1.57. The largest absolute Gasteiger partial charge is 0.444 e. The molecule has 0 aliphatic carbocycles. The maximum atomic E-state index is 14.0. The smallest absolute Gasteiger partial charge is 0.410 e. The fraction of sp³-hybridized carbons (Fsp3) is 0.389. The van der Waals surface area contributed by atoms with E-state index in [1.165, 1.54) is 0 Å². The van der Waals surface area contributed by atoms with E-state index < -0.39 is 26.1 Å². The van der Waals surface area contributed by atoms with Gasteiger partial charge in [0.1, 0.15) is 11.3 Å². The molecule has 5 rings (SSSR count). The molecule has 2 amide bonds. The average molecular weight is 681 g/mol. The number of piperidine rings is 1. The van der Waals surface area contributed by atoms with E-state index in [0.29, 0.717) is 34.1 Å². The number of fused-ring (bicyclic) bond motifs is 1. The number of carbonyl (C=O) groups is 2. The van der Waals surface area contributed by atoms with E-state index in [1.54, 1.807) is 17.0 Å². The SMILES string of the molecule is Cn1c(C(=O)NC2CCN(C(=O)OC(C)(C)C)CC2O[Si](c2ccccc2)(c2ccccc2)C(C)(C)C)cc2c(Cl)c(Cl)ccc21. The molecule has 46 heavy (non-hydrogen) atoms. The Hall–Kier alpha value is -3.30. The molecule has 1 N–H and O–H groups in total. The highest BCUT2D eigenvalue weighted by Crippen LogP contribution is 2.39. The summed E-state index contributed by atoms with van der Waals surface area (Å²) in [5, 5.41) is 6.77. The highest BCUT2D eigenvalue weighted by molar-refractivity contribution is 6.99. The van der Waals surface area contributed by atoms with E-state index in [-0.39, 0.29) is 23.5 Å². The molecule has 0 radical (unpaired) electrons. The highest BCUT2D eigenvalue weighted by Gasteiger charge is 2.53. The molecule has 2 unspecified atom stereocenters. The third-order valence-electron chi connectivity index (χ3n) is 8.62. The number of amides is 2. The van der Waals surface area contributed by atoms with Gasteiger partial charge in [-0.1, -0.05) is 105 Å². The minimum Gasteiger partial charge on any atom is -0.444 e. The van der Waals surface area contributed by atoms with Crippen LogP contribution in [-0.2, 0) is 16.2 Å². The summed E-state index contributed by atoms with van der Waals surface area (Å²) < 4.78 is 15.1. The Bertz CT molecular complexity index is 1680. The molecule has 10 heteroatoms. The predicted octanol–water partition coefficient (Wildman–Crippen LogP) is 7.17. The van der Waals surface area contributed by atoms with E-state index >= 15 is 0 Å². The molecule has 1 aliphatic rings. The number of aromatic nitrogens is 1. The number of nitrogens with one attached hydrogen (secondary N) is 1. The molecule has 0 bridgehead atoms. The minimum atomic E-state index is -3.04. The molecule has 1 saturated heterocycles. The van der Waals surface area contributed by atoms with Gasteiger partial charge in [-0.05, 0) is 60.8 Å². The van der Waals surface area contributed by atoms with E-state index in [2.05, 4.69) is 50.4 Å². The molecule has 244 valence electrons. The second-order valence-corrected chi connectivity index (χ2v) is 19.0. The monoisotopic (exact) mass is 679 g/mol. The molecular weight excluding hydrogens is 637 g/mol. The quantitative estimate of drug-likeness (QED) is 0.219. The summed E-state index contributed by atoms with van der Waals surface area (Å²) in [6.45, 7) is 12.9. The Morgan fingerprint density at radius 3 is 2.02 bits per heavy atom. The fourth-order valence-electron chi connectivity index (χ4n) is 6.42. The third-order valence-corrected chi connectivity index (χ3v) is 14.5. The fourth-order valence-corrected chi connectivity index (χ4v) is 11.5. The molecule has 7 nitrogen and oxygen atoms in total. The molecular formula is C36H43Cl2N3O4Si. The minimum absolute atomic E-state index is 0.252. The van der Waals surface area contributed by atoms with Crippen LogP contribution in [-0.4, -0.2) is 60.6 Å². The second kappa shape index (κ2) is 13.1. The van der Waals surface area contributed by atoms with Crippen LogP contribution >= 0.6 is 23.2 Å². The van der Waals surface area contributed by atoms with Crippen molar-refractivity contribution in [1.29, 1.82) is 0 Å². The van der Waals surface area contributed by atoms with E-state index in [9.17, 15) is 9.59 Å². The van der Waals surface area contributed by atoms with Crippen LogP contribution in [0, 0.1) is 0 Å².